The van der Waals surface area contributed by atoms with Gasteiger partial charge in [0.1, 0.15) is 0 Å². The van der Waals surface area contributed by atoms with Crippen molar-refractivity contribution in [3.05, 3.63) is 0 Å². The SMILES string of the molecule is N.[AlH3].[Cr].[V]. The van der Waals surface area contributed by atoms with Gasteiger partial charge in [0.25, 0.3) is 0 Å². The summed E-state index contributed by atoms with van der Waals surface area (Å²) in [5.74, 6) is 0. The van der Waals surface area contributed by atoms with Crippen LogP contribution < -0.4 is 6.15 Å². The van der Waals surface area contributed by atoms with Gasteiger partial charge < -0.3 is 6.15 Å². The van der Waals surface area contributed by atoms with E-state index in [0.717, 1.165) is 0 Å². The normalized spacial score (nSPS) is 0. The second-order valence-electron chi connectivity index (χ2n) is 0. The van der Waals surface area contributed by atoms with Crippen LogP contribution in [-0.4, -0.2) is 17.4 Å². The van der Waals surface area contributed by atoms with E-state index in [1.165, 1.54) is 0 Å². The van der Waals surface area contributed by atoms with Crippen molar-refractivity contribution >= 4 is 17.4 Å². The molecule has 0 spiro atoms. The molecule has 4 heavy (non-hydrogen) atoms. The molecule has 0 aromatic heterocycles. The summed E-state index contributed by atoms with van der Waals surface area (Å²) in [6.45, 7) is 0. The Hall–Kier alpha value is 1.61. The second kappa shape index (κ2) is 23.2. The fourth-order valence-corrected chi connectivity index (χ4v) is 0. The van der Waals surface area contributed by atoms with Crippen molar-refractivity contribution in [3.63, 3.8) is 0 Å². The molecule has 3 N–H and O–H groups in total. The number of rotatable bonds is 0. The Morgan fingerprint density at radius 3 is 1.00 bits per heavy atom. The first-order chi connectivity index (χ1) is 0. The molecule has 0 aliphatic rings. The summed E-state index contributed by atoms with van der Waals surface area (Å²) in [6.07, 6.45) is 0. The molecule has 0 aliphatic heterocycles. The number of hydrogen-bond donors (Lipinski definition) is 1. The van der Waals surface area contributed by atoms with Gasteiger partial charge in [-0.25, -0.2) is 0 Å². The zero-order chi connectivity index (χ0) is 0. The molecule has 0 aliphatic carbocycles. The van der Waals surface area contributed by atoms with E-state index in [1.54, 1.807) is 0 Å². The molecule has 0 bridgehead atoms. The Morgan fingerprint density at radius 2 is 1.00 bits per heavy atom. The molecule has 0 heterocycles. The zero-order valence-corrected chi connectivity index (χ0v) is 4.23. The molecule has 4 heteroatoms. The van der Waals surface area contributed by atoms with Crippen molar-refractivity contribution < 1.29 is 35.9 Å². The second-order valence-corrected chi connectivity index (χ2v) is 0. The molecule has 0 unspecified atom stereocenters. The summed E-state index contributed by atoms with van der Waals surface area (Å²) in [6, 6.07) is 0. The summed E-state index contributed by atoms with van der Waals surface area (Å²) >= 11 is 0. The van der Waals surface area contributed by atoms with E-state index in [2.05, 4.69) is 0 Å². The van der Waals surface area contributed by atoms with Gasteiger partial charge in [-0.15, -0.1) is 0 Å². The standard InChI is InChI=1S/Al.Cr.H3N.V.3H/h;;1H3;;;;. The van der Waals surface area contributed by atoms with Crippen LogP contribution in [0, 0.1) is 0 Å². The molecule has 0 aromatic carbocycles. The topological polar surface area (TPSA) is 35.0 Å². The van der Waals surface area contributed by atoms with Gasteiger partial charge >= 0.3 is 0 Å². The smallest absolute Gasteiger partial charge is 0.187 e. The van der Waals surface area contributed by atoms with Gasteiger partial charge in [0.2, 0.25) is 0 Å². The van der Waals surface area contributed by atoms with Gasteiger partial charge in [0.15, 0.2) is 17.4 Å². The first-order valence-corrected chi connectivity index (χ1v) is 0. The summed E-state index contributed by atoms with van der Waals surface area (Å²) < 4.78 is 0. The average Bonchev–Trinajstić information content (AvgIpc) is 0. The van der Waals surface area contributed by atoms with Crippen molar-refractivity contribution in [2.75, 3.05) is 0 Å². The maximum Gasteiger partial charge on any atom is 0.187 e. The summed E-state index contributed by atoms with van der Waals surface area (Å²) in [7, 11) is 0. The quantitative estimate of drug-likeness (QED) is 0.440. The molecule has 0 saturated carbocycles. The van der Waals surface area contributed by atoms with Crippen LogP contribution in [0.2, 0.25) is 0 Å². The first kappa shape index (κ1) is 46.0. The van der Waals surface area contributed by atoms with E-state index < -0.39 is 0 Å². The van der Waals surface area contributed by atoms with Crippen LogP contribution in [0.4, 0.5) is 0 Å². The minimum Gasteiger partial charge on any atom is -0.344 e. The van der Waals surface area contributed by atoms with Crippen LogP contribution in [0.25, 0.3) is 0 Å². The molecular formula is H6AlCrNV. The van der Waals surface area contributed by atoms with Gasteiger partial charge in [-0.1, -0.05) is 0 Å². The fourth-order valence-electron chi connectivity index (χ4n) is 0. The molecule has 0 fully saturated rings. The average molecular weight is 150 g/mol. The zero-order valence-electron chi connectivity index (χ0n) is 1.56. The number of hydrogen-bond acceptors (Lipinski definition) is 1. The van der Waals surface area contributed by atoms with Gasteiger partial charge in [-0.2, -0.15) is 0 Å². The van der Waals surface area contributed by atoms with Crippen molar-refractivity contribution in [2.45, 2.75) is 0 Å². The predicted octanol–water partition coefficient (Wildman–Crippen LogP) is -1.03. The van der Waals surface area contributed by atoms with Crippen molar-refractivity contribution in [1.82, 2.24) is 6.15 Å². The largest absolute Gasteiger partial charge is 0.344 e. The molecule has 0 rings (SSSR count). The van der Waals surface area contributed by atoms with E-state index >= 15 is 0 Å². The van der Waals surface area contributed by atoms with Gasteiger partial charge in [0.05, 0.1) is 0 Å². The third kappa shape index (κ3) is 9.49. The third-order valence-electron chi connectivity index (χ3n) is 0. The minimum atomic E-state index is 0. The van der Waals surface area contributed by atoms with Gasteiger partial charge in [-0.3, -0.25) is 0 Å². The van der Waals surface area contributed by atoms with Crippen molar-refractivity contribution in [2.24, 2.45) is 0 Å². The molecule has 0 atom stereocenters. The monoisotopic (exact) mass is 150 g/mol. The Kier molecular flexibility index (Phi) is 267. The van der Waals surface area contributed by atoms with Gasteiger partial charge in [-0.05, 0) is 0 Å². The Labute approximate surface area is 59.3 Å². The Morgan fingerprint density at radius 1 is 1.00 bits per heavy atom. The van der Waals surface area contributed by atoms with Gasteiger partial charge in [0, 0.05) is 35.9 Å². The van der Waals surface area contributed by atoms with E-state index in [-0.39, 0.29) is 59.4 Å². The Bertz CT molecular complexity index is 8.00. The van der Waals surface area contributed by atoms with Crippen molar-refractivity contribution in [3.8, 4) is 0 Å². The van der Waals surface area contributed by atoms with Crippen LogP contribution in [0.5, 0.6) is 0 Å². The van der Waals surface area contributed by atoms with E-state index in [0.29, 0.717) is 0 Å². The minimum absolute atomic E-state index is 0. The van der Waals surface area contributed by atoms with E-state index in [9.17, 15) is 0 Å². The maximum absolute atomic E-state index is 0. The summed E-state index contributed by atoms with van der Waals surface area (Å²) in [4.78, 5) is 0. The molecule has 25 valence electrons. The fraction of sp³-hybridized carbons (Fsp3) is 0. The van der Waals surface area contributed by atoms with Crippen molar-refractivity contribution in [1.29, 1.82) is 0 Å². The van der Waals surface area contributed by atoms with E-state index in [1.807, 2.05) is 0 Å². The van der Waals surface area contributed by atoms with Crippen LogP contribution in [0.1, 0.15) is 0 Å². The van der Waals surface area contributed by atoms with Crippen LogP contribution in [-0.2, 0) is 35.9 Å². The summed E-state index contributed by atoms with van der Waals surface area (Å²) in [5, 5.41) is 0. The summed E-state index contributed by atoms with van der Waals surface area (Å²) in [5.41, 5.74) is 0. The maximum atomic E-state index is 0. The van der Waals surface area contributed by atoms with Crippen LogP contribution in [0.3, 0.4) is 0 Å². The van der Waals surface area contributed by atoms with Crippen LogP contribution >= 0.6 is 0 Å². The predicted molar refractivity (Wildman–Crippen MR) is 15.0 cm³/mol. The molecule has 0 aromatic rings. The Balaban J connectivity index is 0. The molecule has 1 radical (unpaired) electrons. The molecule has 1 nitrogen and oxygen atoms in total. The van der Waals surface area contributed by atoms with Crippen LogP contribution in [0.15, 0.2) is 0 Å². The molecule has 0 amide bonds. The molecule has 0 saturated heterocycles. The van der Waals surface area contributed by atoms with E-state index in [4.69, 9.17) is 0 Å². The molecular weight excluding hydrogens is 144 g/mol. The first-order valence-electron chi connectivity index (χ1n) is 0. The third-order valence-corrected chi connectivity index (χ3v) is 0.